The van der Waals surface area contributed by atoms with E-state index in [1.54, 1.807) is 5.57 Å². The molecule has 0 fully saturated rings. The first-order valence-corrected chi connectivity index (χ1v) is 10.6. The Kier molecular flexibility index (Phi) is 10.0. The van der Waals surface area contributed by atoms with Gasteiger partial charge in [0.15, 0.2) is 0 Å². The van der Waals surface area contributed by atoms with Gasteiger partial charge in [0.2, 0.25) is 0 Å². The first-order chi connectivity index (χ1) is 10.9. The minimum absolute atomic E-state index is 0.168. The average molecular weight is 353 g/mol. The fourth-order valence-electron chi connectivity index (χ4n) is 3.58. The molecule has 0 aromatic rings. The van der Waals surface area contributed by atoms with Gasteiger partial charge in [-0.2, -0.15) is 12.6 Å². The Bertz CT molecular complexity index is 412. The van der Waals surface area contributed by atoms with Crippen molar-refractivity contribution in [1.82, 2.24) is 0 Å². The van der Waals surface area contributed by atoms with E-state index in [0.29, 0.717) is 17.8 Å². The van der Waals surface area contributed by atoms with Gasteiger partial charge in [0.05, 0.1) is 0 Å². The number of allylic oxidation sites excluding steroid dienone is 3. The molecule has 0 amide bonds. The van der Waals surface area contributed by atoms with Crippen molar-refractivity contribution < 1.29 is 0 Å². The van der Waals surface area contributed by atoms with Gasteiger partial charge >= 0.3 is 0 Å². The minimum atomic E-state index is 0.168. The van der Waals surface area contributed by atoms with E-state index >= 15 is 0 Å². The topological polar surface area (TPSA) is 0 Å². The molecule has 0 radical (unpaired) electrons. The summed E-state index contributed by atoms with van der Waals surface area (Å²) in [5, 5.41) is 0. The summed E-state index contributed by atoms with van der Waals surface area (Å²) in [7, 11) is 0. The Morgan fingerprint density at radius 1 is 1.08 bits per heavy atom. The highest BCUT2D eigenvalue weighted by Gasteiger charge is 2.38. The van der Waals surface area contributed by atoms with Crippen LogP contribution in [-0.2, 0) is 0 Å². The molecule has 0 saturated carbocycles. The predicted octanol–water partition coefficient (Wildman–Crippen LogP) is 7.96. The van der Waals surface area contributed by atoms with E-state index < -0.39 is 0 Å². The van der Waals surface area contributed by atoms with E-state index in [1.165, 1.54) is 24.8 Å². The Labute approximate surface area is 159 Å². The first kappa shape index (κ1) is 23.8. The molecule has 0 nitrogen and oxygen atoms in total. The molecule has 0 heterocycles. The summed E-state index contributed by atoms with van der Waals surface area (Å²) in [5.41, 5.74) is 3.34. The SMILES string of the molecule is C=C(C(CCC(CC)/C(C)=C/CC)C(C)(C)CS)C(C)(C)C(C)C. The van der Waals surface area contributed by atoms with Gasteiger partial charge in [-0.25, -0.2) is 0 Å². The molecule has 0 spiro atoms. The molecule has 24 heavy (non-hydrogen) atoms. The summed E-state index contributed by atoms with van der Waals surface area (Å²) in [6.07, 6.45) is 7.25. The van der Waals surface area contributed by atoms with Crippen LogP contribution in [0.2, 0.25) is 0 Å². The number of hydrogen-bond acceptors (Lipinski definition) is 1. The molecule has 0 aliphatic heterocycles. The van der Waals surface area contributed by atoms with Crippen LogP contribution in [0.4, 0.5) is 0 Å². The highest BCUT2D eigenvalue weighted by molar-refractivity contribution is 7.80. The molecule has 0 N–H and O–H groups in total. The zero-order valence-electron chi connectivity index (χ0n) is 18.0. The summed E-state index contributed by atoms with van der Waals surface area (Å²) in [6.45, 7) is 25.5. The van der Waals surface area contributed by atoms with Gasteiger partial charge in [-0.3, -0.25) is 0 Å². The van der Waals surface area contributed by atoms with E-state index in [9.17, 15) is 0 Å². The van der Waals surface area contributed by atoms with Gasteiger partial charge in [-0.1, -0.05) is 79.2 Å². The Hall–Kier alpha value is -0.170. The lowest BCUT2D eigenvalue weighted by Gasteiger charge is -2.43. The molecule has 0 aliphatic rings. The van der Waals surface area contributed by atoms with E-state index in [1.807, 2.05) is 0 Å². The van der Waals surface area contributed by atoms with Crippen molar-refractivity contribution in [2.24, 2.45) is 28.6 Å². The van der Waals surface area contributed by atoms with Gasteiger partial charge < -0.3 is 0 Å². The van der Waals surface area contributed by atoms with Crippen molar-refractivity contribution in [3.63, 3.8) is 0 Å². The molecule has 2 unspecified atom stereocenters. The zero-order chi connectivity index (χ0) is 19.1. The largest absolute Gasteiger partial charge is 0.179 e. The summed E-state index contributed by atoms with van der Waals surface area (Å²) in [4.78, 5) is 0. The Balaban J connectivity index is 5.40. The van der Waals surface area contributed by atoms with Crippen molar-refractivity contribution in [1.29, 1.82) is 0 Å². The van der Waals surface area contributed by atoms with Crippen molar-refractivity contribution in [2.75, 3.05) is 5.75 Å². The van der Waals surface area contributed by atoms with Crippen LogP contribution >= 0.6 is 12.6 Å². The van der Waals surface area contributed by atoms with E-state index in [0.717, 1.165) is 12.2 Å². The molecule has 0 saturated heterocycles. The molecule has 0 rings (SSSR count). The first-order valence-electron chi connectivity index (χ1n) is 9.92. The molecular weight excluding hydrogens is 308 g/mol. The molecule has 0 aromatic heterocycles. The van der Waals surface area contributed by atoms with Crippen LogP contribution in [-0.4, -0.2) is 5.75 Å². The van der Waals surface area contributed by atoms with Gasteiger partial charge in [0.1, 0.15) is 0 Å². The highest BCUT2D eigenvalue weighted by atomic mass is 32.1. The maximum atomic E-state index is 4.67. The van der Waals surface area contributed by atoms with Gasteiger partial charge in [0, 0.05) is 0 Å². The highest BCUT2D eigenvalue weighted by Crippen LogP contribution is 2.47. The van der Waals surface area contributed by atoms with Gasteiger partial charge in [-0.15, -0.1) is 0 Å². The summed E-state index contributed by atoms with van der Waals surface area (Å²) < 4.78 is 0. The predicted molar refractivity (Wildman–Crippen MR) is 116 cm³/mol. The lowest BCUT2D eigenvalue weighted by atomic mass is 9.62. The van der Waals surface area contributed by atoms with E-state index in [2.05, 4.69) is 87.6 Å². The number of thiol groups is 1. The van der Waals surface area contributed by atoms with Crippen molar-refractivity contribution in [3.05, 3.63) is 23.8 Å². The molecular formula is C23H44S. The van der Waals surface area contributed by atoms with Crippen LogP contribution in [0.25, 0.3) is 0 Å². The number of hydrogen-bond donors (Lipinski definition) is 1. The smallest absolute Gasteiger partial charge is 0.00407 e. The molecule has 0 bridgehead atoms. The lowest BCUT2D eigenvalue weighted by molar-refractivity contribution is 0.192. The third kappa shape index (κ3) is 6.28. The fourth-order valence-corrected chi connectivity index (χ4v) is 3.80. The third-order valence-corrected chi connectivity index (χ3v) is 7.32. The molecule has 0 aromatic carbocycles. The summed E-state index contributed by atoms with van der Waals surface area (Å²) in [5.74, 6) is 2.74. The molecule has 142 valence electrons. The van der Waals surface area contributed by atoms with Crippen LogP contribution in [0.15, 0.2) is 23.8 Å². The maximum absolute atomic E-state index is 4.67. The summed E-state index contributed by atoms with van der Waals surface area (Å²) >= 11 is 4.67. The molecule has 2 atom stereocenters. The van der Waals surface area contributed by atoms with Crippen molar-refractivity contribution in [3.8, 4) is 0 Å². The monoisotopic (exact) mass is 352 g/mol. The fraction of sp³-hybridized carbons (Fsp3) is 0.826. The second-order valence-electron chi connectivity index (χ2n) is 9.14. The van der Waals surface area contributed by atoms with Crippen LogP contribution in [0.3, 0.4) is 0 Å². The lowest BCUT2D eigenvalue weighted by Crippen LogP contribution is -2.35. The zero-order valence-corrected chi connectivity index (χ0v) is 18.9. The summed E-state index contributed by atoms with van der Waals surface area (Å²) in [6, 6.07) is 0. The van der Waals surface area contributed by atoms with Gasteiger partial charge in [0.25, 0.3) is 0 Å². The third-order valence-electron chi connectivity index (χ3n) is 6.51. The van der Waals surface area contributed by atoms with E-state index in [-0.39, 0.29) is 10.8 Å². The number of rotatable bonds is 11. The second-order valence-corrected chi connectivity index (χ2v) is 9.46. The minimum Gasteiger partial charge on any atom is -0.179 e. The quantitative estimate of drug-likeness (QED) is 0.283. The average Bonchev–Trinajstić information content (AvgIpc) is 2.50. The van der Waals surface area contributed by atoms with Crippen LogP contribution in [0.1, 0.15) is 88.0 Å². The standard InChI is InChI=1S/C23H44S/c1-11-13-18(5)20(12-2)14-15-21(22(7,8)16-24)19(6)23(9,10)17(3)4/h13,17,20-21,24H,6,11-12,14-16H2,1-5,7-10H3/b18-13+. The van der Waals surface area contributed by atoms with Gasteiger partial charge in [-0.05, 0) is 66.9 Å². The van der Waals surface area contributed by atoms with Crippen molar-refractivity contribution >= 4 is 12.6 Å². The molecule has 0 aliphatic carbocycles. The Morgan fingerprint density at radius 3 is 2.00 bits per heavy atom. The normalized spacial score (nSPS) is 16.4. The van der Waals surface area contributed by atoms with Crippen molar-refractivity contribution in [2.45, 2.75) is 88.0 Å². The van der Waals surface area contributed by atoms with Crippen LogP contribution in [0.5, 0.6) is 0 Å². The molecule has 1 heteroatoms. The van der Waals surface area contributed by atoms with E-state index in [4.69, 9.17) is 0 Å². The Morgan fingerprint density at radius 2 is 1.62 bits per heavy atom. The van der Waals surface area contributed by atoms with Crippen LogP contribution < -0.4 is 0 Å². The maximum Gasteiger partial charge on any atom is -0.00407 e. The second kappa shape index (κ2) is 10.1. The van der Waals surface area contributed by atoms with Crippen LogP contribution in [0, 0.1) is 28.6 Å².